The van der Waals surface area contributed by atoms with Crippen molar-refractivity contribution < 1.29 is 28.6 Å². The van der Waals surface area contributed by atoms with Crippen molar-refractivity contribution in [3.63, 3.8) is 0 Å². The number of ether oxygens (including phenoxy) is 3. The first-order chi connectivity index (χ1) is 19.1. The van der Waals surface area contributed by atoms with Gasteiger partial charge in [0.2, 0.25) is 11.8 Å². The third kappa shape index (κ3) is 7.43. The van der Waals surface area contributed by atoms with Gasteiger partial charge in [-0.25, -0.2) is 4.79 Å². The van der Waals surface area contributed by atoms with Crippen LogP contribution in [0.25, 0.3) is 0 Å². The molecule has 0 unspecified atom stereocenters. The molecule has 8 nitrogen and oxygen atoms in total. The molecule has 1 aliphatic rings. The number of hydrogen-bond acceptors (Lipinski definition) is 6. The molecule has 2 atom stereocenters. The highest BCUT2D eigenvalue weighted by Crippen LogP contribution is 2.34. The summed E-state index contributed by atoms with van der Waals surface area (Å²) in [5.74, 6) is 0.424. The lowest BCUT2D eigenvalue weighted by molar-refractivity contribution is -0.164. The van der Waals surface area contributed by atoms with E-state index in [9.17, 15) is 14.4 Å². The molecule has 0 bridgehead atoms. The van der Waals surface area contributed by atoms with Crippen molar-refractivity contribution in [2.45, 2.75) is 71.4 Å². The molecular weight excluding hydrogens is 508 g/mol. The van der Waals surface area contributed by atoms with Gasteiger partial charge in [-0.3, -0.25) is 9.59 Å². The first kappa shape index (κ1) is 30.7. The highest BCUT2D eigenvalue weighted by Gasteiger charge is 2.40. The summed E-state index contributed by atoms with van der Waals surface area (Å²) in [4.78, 5) is 41.0. The topological polar surface area (TPSA) is 94.2 Å². The number of para-hydroxylation sites is 1. The largest absolute Gasteiger partial charge is 0.493 e. The molecule has 3 rings (SSSR count). The molecule has 2 aromatic rings. The smallest absolute Gasteiger partial charge is 0.329 e. The van der Waals surface area contributed by atoms with Crippen LogP contribution in [0.3, 0.4) is 0 Å². The fourth-order valence-corrected chi connectivity index (χ4v) is 4.87. The van der Waals surface area contributed by atoms with Gasteiger partial charge in [-0.2, -0.15) is 0 Å². The van der Waals surface area contributed by atoms with Crippen molar-refractivity contribution in [2.24, 2.45) is 5.41 Å². The van der Waals surface area contributed by atoms with E-state index in [4.69, 9.17) is 14.2 Å². The number of rotatable bonds is 12. The summed E-state index contributed by atoms with van der Waals surface area (Å²) in [6.07, 6.45) is 4.48. The van der Waals surface area contributed by atoms with Gasteiger partial charge in [0.05, 0.1) is 14.2 Å². The first-order valence-corrected chi connectivity index (χ1v) is 13.9. The number of nitrogens with zero attached hydrogens (tertiary/aromatic N) is 1. The predicted molar refractivity (Wildman–Crippen MR) is 155 cm³/mol. The molecule has 0 saturated carbocycles. The summed E-state index contributed by atoms with van der Waals surface area (Å²) >= 11 is 0. The zero-order valence-electron chi connectivity index (χ0n) is 24.3. The van der Waals surface area contributed by atoms with Crippen LogP contribution in [-0.4, -0.2) is 49.5 Å². The molecule has 0 radical (unpaired) electrons. The average molecular weight is 551 g/mol. The maximum Gasteiger partial charge on any atom is 0.329 e. The molecule has 1 saturated heterocycles. The molecule has 1 fully saturated rings. The number of amides is 2. The molecule has 8 heteroatoms. The standard InChI is InChI=1S/C32H42N2O6/c1-7-29(35)33-24-14-10-9-13-23(24)26(18-16-22-17-19-27(38-5)28(21-22)39-6)40-30(36)25-15-11-12-20-34(25)31(37)32(3,4)8-2/h7,9-10,13-14,17,19,21,25-26H,1,8,11-12,15-16,18,20H2,2-6H3,(H,33,35)/t25-,26+/m0/s1. The number of nitrogens with one attached hydrogen (secondary N) is 1. The van der Waals surface area contributed by atoms with E-state index in [0.717, 1.165) is 18.4 Å². The van der Waals surface area contributed by atoms with E-state index in [2.05, 4.69) is 11.9 Å². The third-order valence-electron chi connectivity index (χ3n) is 7.65. The molecule has 2 amide bonds. The number of aryl methyl sites for hydroxylation is 1. The molecule has 40 heavy (non-hydrogen) atoms. The summed E-state index contributed by atoms with van der Waals surface area (Å²) in [6, 6.07) is 12.3. The summed E-state index contributed by atoms with van der Waals surface area (Å²) in [5, 5.41) is 2.83. The number of piperidine rings is 1. The Balaban J connectivity index is 1.91. The lowest BCUT2D eigenvalue weighted by Crippen LogP contribution is -2.52. The zero-order valence-corrected chi connectivity index (χ0v) is 24.3. The van der Waals surface area contributed by atoms with E-state index in [0.29, 0.717) is 55.0 Å². The van der Waals surface area contributed by atoms with E-state index in [-0.39, 0.29) is 11.8 Å². The molecule has 1 aliphatic heterocycles. The van der Waals surface area contributed by atoms with Crippen LogP contribution in [0.2, 0.25) is 0 Å². The third-order valence-corrected chi connectivity index (χ3v) is 7.65. The fourth-order valence-electron chi connectivity index (χ4n) is 4.87. The molecule has 1 N–H and O–H groups in total. The molecular formula is C32H42N2O6. The average Bonchev–Trinajstić information content (AvgIpc) is 2.98. The van der Waals surface area contributed by atoms with Crippen LogP contribution in [0.5, 0.6) is 11.5 Å². The Bertz CT molecular complexity index is 1210. The second-order valence-corrected chi connectivity index (χ2v) is 10.7. The molecule has 1 heterocycles. The van der Waals surface area contributed by atoms with Crippen molar-refractivity contribution in [3.05, 3.63) is 66.2 Å². The van der Waals surface area contributed by atoms with Crippen LogP contribution < -0.4 is 14.8 Å². The van der Waals surface area contributed by atoms with Crippen molar-refractivity contribution >= 4 is 23.5 Å². The van der Waals surface area contributed by atoms with Gasteiger partial charge in [0.25, 0.3) is 0 Å². The van der Waals surface area contributed by atoms with Crippen LogP contribution in [0.1, 0.15) is 70.1 Å². The normalized spacial score (nSPS) is 16.0. The SMILES string of the molecule is C=CC(=O)Nc1ccccc1[C@@H](CCc1ccc(OC)c(OC)c1)OC(=O)[C@@H]1CCCCN1C(=O)C(C)(C)CC. The zero-order chi connectivity index (χ0) is 29.3. The van der Waals surface area contributed by atoms with Gasteiger partial charge in [0, 0.05) is 23.2 Å². The van der Waals surface area contributed by atoms with Crippen LogP contribution in [0.15, 0.2) is 55.1 Å². The highest BCUT2D eigenvalue weighted by molar-refractivity contribution is 5.99. The highest BCUT2D eigenvalue weighted by atomic mass is 16.5. The van der Waals surface area contributed by atoms with Gasteiger partial charge in [-0.1, -0.05) is 51.6 Å². The number of benzene rings is 2. The second-order valence-electron chi connectivity index (χ2n) is 10.7. The number of anilines is 1. The Hall–Kier alpha value is -3.81. The van der Waals surface area contributed by atoms with Crippen molar-refractivity contribution in [1.82, 2.24) is 4.90 Å². The molecule has 216 valence electrons. The van der Waals surface area contributed by atoms with Gasteiger partial charge in [-0.05, 0) is 68.4 Å². The van der Waals surface area contributed by atoms with Crippen molar-refractivity contribution in [1.29, 1.82) is 0 Å². The van der Waals surface area contributed by atoms with E-state index in [1.807, 2.05) is 57.2 Å². The number of carbonyl (C=O) groups is 3. The van der Waals surface area contributed by atoms with Crippen LogP contribution in [0.4, 0.5) is 5.69 Å². The number of likely N-dealkylation sites (tertiary alicyclic amines) is 1. The lowest BCUT2D eigenvalue weighted by atomic mass is 9.86. The lowest BCUT2D eigenvalue weighted by Gasteiger charge is -2.39. The summed E-state index contributed by atoms with van der Waals surface area (Å²) in [7, 11) is 3.17. The summed E-state index contributed by atoms with van der Waals surface area (Å²) in [5.41, 5.74) is 1.63. The van der Waals surface area contributed by atoms with Gasteiger partial charge in [0.1, 0.15) is 12.1 Å². The minimum Gasteiger partial charge on any atom is -0.493 e. The van der Waals surface area contributed by atoms with Gasteiger partial charge in [-0.15, -0.1) is 0 Å². The van der Waals surface area contributed by atoms with Crippen LogP contribution >= 0.6 is 0 Å². The Morgan fingerprint density at radius 3 is 2.50 bits per heavy atom. The summed E-state index contributed by atoms with van der Waals surface area (Å²) in [6.45, 7) is 9.88. The number of esters is 1. The maximum absolute atomic E-state index is 13.7. The minimum atomic E-state index is -0.667. The van der Waals surface area contributed by atoms with Crippen molar-refractivity contribution in [3.8, 4) is 11.5 Å². The van der Waals surface area contributed by atoms with E-state index >= 15 is 0 Å². The Labute approximate surface area is 237 Å². The van der Waals surface area contributed by atoms with Crippen LogP contribution in [0, 0.1) is 5.41 Å². The number of methoxy groups -OCH3 is 2. The minimum absolute atomic E-state index is 0.0304. The predicted octanol–water partition coefficient (Wildman–Crippen LogP) is 5.86. The maximum atomic E-state index is 13.7. The van der Waals surface area contributed by atoms with Crippen molar-refractivity contribution in [2.75, 3.05) is 26.1 Å². The molecule has 0 aromatic heterocycles. The monoisotopic (exact) mass is 550 g/mol. The Kier molecular flexibility index (Phi) is 10.8. The Morgan fingerprint density at radius 2 is 1.82 bits per heavy atom. The Morgan fingerprint density at radius 1 is 1.10 bits per heavy atom. The van der Waals surface area contributed by atoms with Gasteiger partial charge >= 0.3 is 5.97 Å². The van der Waals surface area contributed by atoms with E-state index in [1.165, 1.54) is 6.08 Å². The number of carbonyl (C=O) groups excluding carboxylic acids is 3. The van der Waals surface area contributed by atoms with Gasteiger partial charge in [0.15, 0.2) is 11.5 Å². The first-order valence-electron chi connectivity index (χ1n) is 13.9. The molecule has 0 aliphatic carbocycles. The van der Waals surface area contributed by atoms with E-state index in [1.54, 1.807) is 25.2 Å². The van der Waals surface area contributed by atoms with E-state index < -0.39 is 23.5 Å². The quantitative estimate of drug-likeness (QED) is 0.263. The van der Waals surface area contributed by atoms with Gasteiger partial charge < -0.3 is 24.4 Å². The number of hydrogen-bond donors (Lipinski definition) is 1. The fraction of sp³-hybridized carbons (Fsp3) is 0.469. The van der Waals surface area contributed by atoms with Crippen LogP contribution in [-0.2, 0) is 25.5 Å². The second kappa shape index (κ2) is 14.0. The molecule has 0 spiro atoms. The molecule has 2 aromatic carbocycles. The summed E-state index contributed by atoms with van der Waals surface area (Å²) < 4.78 is 17.0.